The van der Waals surface area contributed by atoms with Gasteiger partial charge >= 0.3 is 0 Å². The van der Waals surface area contributed by atoms with E-state index >= 15 is 0 Å². The van der Waals surface area contributed by atoms with Gasteiger partial charge in [-0.05, 0) is 117 Å². The van der Waals surface area contributed by atoms with Crippen molar-refractivity contribution in [1.82, 2.24) is 9.62 Å². The van der Waals surface area contributed by atoms with Gasteiger partial charge in [0.05, 0.1) is 34.7 Å². The molecule has 3 aliphatic heterocycles. The van der Waals surface area contributed by atoms with Crippen molar-refractivity contribution < 1.29 is 28.4 Å². The molecule has 11 heteroatoms. The highest BCUT2D eigenvalue weighted by atomic mass is 35.5. The average Bonchev–Trinajstić information content (AvgIpc) is 3.18. The molecule has 1 saturated carbocycles. The molecule has 0 aromatic heterocycles. The Labute approximate surface area is 289 Å². The summed E-state index contributed by atoms with van der Waals surface area (Å²) in [6, 6.07) is 11.4. The van der Waals surface area contributed by atoms with Crippen LogP contribution in [0.4, 0.5) is 5.69 Å². The second-order valence-electron chi connectivity index (χ2n) is 15.0. The SMILES string of the molecule is C=S1(=O)NC(=O)c2ccc3c(c2)N(C[C@@H]2CC[C@H]2[C@H](O)C[C@H](N2CCOCC2=O)C[C@H](C)[C@H]1C)C[C@@]1(CCCc2cc(Cl)ccc21)CO3. The summed E-state index contributed by atoms with van der Waals surface area (Å²) in [5.41, 5.74) is 3.49. The van der Waals surface area contributed by atoms with Crippen molar-refractivity contribution in [2.24, 2.45) is 17.8 Å². The molecule has 2 amide bonds. The number of carbonyl (C=O) groups excluding carboxylic acids is 2. The minimum Gasteiger partial charge on any atom is -0.490 e. The topological polar surface area (TPSA) is 108 Å². The number of nitrogens with zero attached hydrogens (tertiary/aromatic N) is 2. The van der Waals surface area contributed by atoms with Gasteiger partial charge in [0.2, 0.25) is 5.91 Å². The number of amides is 2. The van der Waals surface area contributed by atoms with Crippen molar-refractivity contribution >= 4 is 44.7 Å². The normalized spacial score (nSPS) is 35.8. The van der Waals surface area contributed by atoms with Crippen LogP contribution < -0.4 is 14.4 Å². The first-order valence-electron chi connectivity index (χ1n) is 17.5. The number of carbonyl (C=O) groups is 2. The van der Waals surface area contributed by atoms with Gasteiger partial charge in [0.25, 0.3) is 5.91 Å². The van der Waals surface area contributed by atoms with Gasteiger partial charge in [-0.15, -0.1) is 0 Å². The zero-order valence-corrected chi connectivity index (χ0v) is 29.6. The Morgan fingerprint density at radius 3 is 2.73 bits per heavy atom. The lowest BCUT2D eigenvalue weighted by atomic mass is 9.67. The van der Waals surface area contributed by atoms with E-state index in [4.69, 9.17) is 21.1 Å². The molecule has 2 fully saturated rings. The fourth-order valence-electron chi connectivity index (χ4n) is 8.89. The van der Waals surface area contributed by atoms with Crippen molar-refractivity contribution in [2.45, 2.75) is 81.6 Å². The number of anilines is 1. The summed E-state index contributed by atoms with van der Waals surface area (Å²) < 4.78 is 28.9. The van der Waals surface area contributed by atoms with Crippen LogP contribution in [0.15, 0.2) is 36.4 Å². The third-order valence-electron chi connectivity index (χ3n) is 12.0. The molecule has 1 unspecified atom stereocenters. The number of aliphatic hydroxyl groups is 1. The standard InChI is InChI=1S/C37H48ClN3O6S/c1-23-15-29(41-13-14-46-20-35(41)43)18-33(42)30-9-6-27(30)19-40-21-37(12-4-5-25-16-28(38)8-10-31(25)37)22-47-34-11-7-26(17-32(34)40)36(44)39-48(3,45)24(23)2/h7-8,10-11,16-17,23-24,27,29-30,33,42H,3-6,9,12-15,18-22H2,1-2H3,(H,39,44,45)/t23-,24+,27-,29+,30+,33+,37-,48?/m0/s1. The highest BCUT2D eigenvalue weighted by molar-refractivity contribution is 7.99. The van der Waals surface area contributed by atoms with Crippen molar-refractivity contribution in [1.29, 1.82) is 0 Å². The summed E-state index contributed by atoms with van der Waals surface area (Å²) >= 11 is 6.44. The minimum absolute atomic E-state index is 0.0267. The van der Waals surface area contributed by atoms with E-state index < -0.39 is 27.0 Å². The molecule has 0 radical (unpaired) electrons. The first kappa shape index (κ1) is 33.7. The summed E-state index contributed by atoms with van der Waals surface area (Å²) in [7, 11) is -3.07. The quantitative estimate of drug-likeness (QED) is 0.420. The lowest BCUT2D eigenvalue weighted by Crippen LogP contribution is -2.53. The van der Waals surface area contributed by atoms with Gasteiger partial charge in [0, 0.05) is 46.9 Å². The molecule has 2 aromatic rings. The molecule has 7 rings (SSSR count). The zero-order chi connectivity index (χ0) is 33.8. The van der Waals surface area contributed by atoms with Crippen LogP contribution in [0.2, 0.25) is 5.02 Å². The van der Waals surface area contributed by atoms with E-state index in [1.165, 1.54) is 11.1 Å². The number of morpholine rings is 1. The van der Waals surface area contributed by atoms with E-state index in [0.29, 0.717) is 57.0 Å². The van der Waals surface area contributed by atoms with Crippen LogP contribution in [-0.4, -0.2) is 88.8 Å². The smallest absolute Gasteiger partial charge is 0.262 e. The van der Waals surface area contributed by atoms with Crippen LogP contribution in [-0.2, 0) is 31.1 Å². The Hall–Kier alpha value is -2.79. The van der Waals surface area contributed by atoms with Crippen LogP contribution in [0.5, 0.6) is 5.75 Å². The predicted octanol–water partition coefficient (Wildman–Crippen LogP) is 4.61. The van der Waals surface area contributed by atoms with Gasteiger partial charge in [-0.3, -0.25) is 14.3 Å². The van der Waals surface area contributed by atoms with Gasteiger partial charge in [-0.1, -0.05) is 24.6 Å². The largest absolute Gasteiger partial charge is 0.490 e. The van der Waals surface area contributed by atoms with Crippen LogP contribution in [0.1, 0.15) is 73.9 Å². The molecular weight excluding hydrogens is 650 g/mol. The fourth-order valence-corrected chi connectivity index (χ4v) is 10.6. The first-order valence-corrected chi connectivity index (χ1v) is 19.6. The summed E-state index contributed by atoms with van der Waals surface area (Å²) in [5.74, 6) is 4.37. The van der Waals surface area contributed by atoms with Gasteiger partial charge in [0.1, 0.15) is 12.4 Å². The van der Waals surface area contributed by atoms with Gasteiger partial charge in [-0.25, -0.2) is 4.21 Å². The molecule has 48 heavy (non-hydrogen) atoms. The third kappa shape index (κ3) is 6.34. The molecule has 1 spiro atoms. The molecule has 1 saturated heterocycles. The van der Waals surface area contributed by atoms with Crippen molar-refractivity contribution in [2.75, 3.05) is 44.4 Å². The molecule has 2 bridgehead atoms. The Morgan fingerprint density at radius 2 is 1.96 bits per heavy atom. The van der Waals surface area contributed by atoms with E-state index in [0.717, 1.165) is 42.8 Å². The van der Waals surface area contributed by atoms with Gasteiger partial charge < -0.3 is 24.4 Å². The van der Waals surface area contributed by atoms with Crippen LogP contribution in [0.3, 0.4) is 0 Å². The van der Waals surface area contributed by atoms with E-state index in [-0.39, 0.29) is 41.7 Å². The van der Waals surface area contributed by atoms with Gasteiger partial charge in [0.15, 0.2) is 0 Å². The number of nitrogens with one attached hydrogen (secondary N) is 1. The Balaban J connectivity index is 1.28. The molecular formula is C37H48ClN3O6S. The van der Waals surface area contributed by atoms with Gasteiger partial charge in [-0.2, -0.15) is 0 Å². The highest BCUT2D eigenvalue weighted by Gasteiger charge is 2.45. The van der Waals surface area contributed by atoms with E-state index in [2.05, 4.69) is 27.6 Å². The third-order valence-corrected chi connectivity index (χ3v) is 14.4. The molecule has 5 aliphatic rings. The highest BCUT2D eigenvalue weighted by Crippen LogP contribution is 2.47. The number of rotatable bonds is 1. The molecule has 3 heterocycles. The van der Waals surface area contributed by atoms with E-state index in [9.17, 15) is 18.9 Å². The van der Waals surface area contributed by atoms with Crippen LogP contribution >= 0.6 is 11.6 Å². The summed E-state index contributed by atoms with van der Waals surface area (Å²) in [4.78, 5) is 31.0. The average molecular weight is 698 g/mol. The minimum atomic E-state index is -3.07. The van der Waals surface area contributed by atoms with E-state index in [1.54, 1.807) is 6.07 Å². The van der Waals surface area contributed by atoms with E-state index in [1.807, 2.05) is 36.9 Å². The number of aryl methyl sites for hydroxylation is 1. The maximum absolute atomic E-state index is 14.0. The molecule has 2 aliphatic carbocycles. The Morgan fingerprint density at radius 1 is 1.12 bits per heavy atom. The predicted molar refractivity (Wildman–Crippen MR) is 189 cm³/mol. The second kappa shape index (κ2) is 13.2. The molecule has 260 valence electrons. The van der Waals surface area contributed by atoms with Crippen molar-refractivity contribution in [3.63, 3.8) is 0 Å². The van der Waals surface area contributed by atoms with Crippen molar-refractivity contribution in [3.05, 3.63) is 58.1 Å². The molecule has 2 aromatic carbocycles. The maximum atomic E-state index is 14.0. The number of fused-ring (bicyclic) bond motifs is 4. The second-order valence-corrected chi connectivity index (χ2v) is 17.8. The maximum Gasteiger partial charge on any atom is 0.262 e. The number of benzene rings is 2. The van der Waals surface area contributed by atoms with Crippen molar-refractivity contribution in [3.8, 4) is 5.75 Å². The number of hydrogen-bond acceptors (Lipinski definition) is 7. The molecule has 2 N–H and O–H groups in total. The summed E-state index contributed by atoms with van der Waals surface area (Å²) in [5, 5.41) is 12.1. The summed E-state index contributed by atoms with van der Waals surface area (Å²) in [6.45, 7) is 6.68. The lowest BCUT2D eigenvalue weighted by Gasteiger charge is -2.47. The lowest BCUT2D eigenvalue weighted by molar-refractivity contribution is -0.147. The molecule has 9 nitrogen and oxygen atoms in total. The number of ether oxygens (including phenoxy) is 2. The number of hydrogen-bond donors (Lipinski definition) is 2. The number of aliphatic hydroxyl groups excluding tert-OH is 1. The molecule has 8 atom stereocenters. The fraction of sp³-hybridized carbons (Fsp3) is 0.595. The Bertz CT molecular complexity index is 1680. The van der Waals surface area contributed by atoms with Crippen LogP contribution in [0, 0.1) is 17.8 Å². The van der Waals surface area contributed by atoms with Crippen LogP contribution in [0.25, 0.3) is 0 Å². The monoisotopic (exact) mass is 697 g/mol. The zero-order valence-electron chi connectivity index (χ0n) is 28.0. The number of halogens is 1. The first-order chi connectivity index (χ1) is 22.9. The summed E-state index contributed by atoms with van der Waals surface area (Å²) in [6.07, 6.45) is 5.26. The Kier molecular flexibility index (Phi) is 9.24.